The molecular formula is C27H35F3N4O6S. The Morgan fingerprint density at radius 1 is 1.05 bits per heavy atom. The van der Waals surface area contributed by atoms with Gasteiger partial charge in [-0.3, -0.25) is 4.72 Å². The van der Waals surface area contributed by atoms with Gasteiger partial charge in [-0.1, -0.05) is 24.6 Å². The van der Waals surface area contributed by atoms with E-state index in [1.165, 1.54) is 57.1 Å². The van der Waals surface area contributed by atoms with Crippen molar-refractivity contribution in [3.05, 3.63) is 47.7 Å². The molecule has 14 heteroatoms. The fraction of sp³-hybridized carbons (Fsp3) is 0.519. The fourth-order valence-electron chi connectivity index (χ4n) is 4.97. The van der Waals surface area contributed by atoms with Gasteiger partial charge in [0.2, 0.25) is 0 Å². The zero-order chi connectivity index (χ0) is 30.2. The van der Waals surface area contributed by atoms with Gasteiger partial charge in [0, 0.05) is 13.1 Å². The summed E-state index contributed by atoms with van der Waals surface area (Å²) in [7, 11) is -3.85. The molecule has 2 aromatic rings. The molecule has 0 atom stereocenters. The molecule has 0 aliphatic carbocycles. The number of aliphatic carboxylic acids is 1. The van der Waals surface area contributed by atoms with Crippen LogP contribution in [0.4, 0.5) is 24.7 Å². The summed E-state index contributed by atoms with van der Waals surface area (Å²) in [6, 6.07) is 8.02. The molecule has 1 aromatic carbocycles. The lowest BCUT2D eigenvalue weighted by molar-refractivity contribution is -0.192. The summed E-state index contributed by atoms with van der Waals surface area (Å²) in [4.78, 5) is 30.0. The van der Waals surface area contributed by atoms with Gasteiger partial charge in [-0.05, 0) is 82.3 Å². The van der Waals surface area contributed by atoms with E-state index in [2.05, 4.69) is 14.6 Å². The standard InChI is InChI=1S/C25H34N4O4S.C2HF3O2/c1-19-7-3-4-8-23(19)34(32,33)27-21-17-22(25(30)31)24(26-18-21)29-15-10-20(11-16-29)9-14-28-12-5-2-6-13-28;3-2(4,5)1(6)7/h3-4,7-8,17-18,20,27H,2,5-6,9-16H2,1H3,(H,30,31);(H,6,7). The fourth-order valence-corrected chi connectivity index (χ4v) is 6.25. The first kappa shape index (κ1) is 32.1. The van der Waals surface area contributed by atoms with Crippen LogP contribution in [-0.2, 0) is 14.8 Å². The van der Waals surface area contributed by atoms with Crippen LogP contribution in [0.5, 0.6) is 0 Å². The van der Waals surface area contributed by atoms with Crippen molar-refractivity contribution in [2.75, 3.05) is 42.3 Å². The van der Waals surface area contributed by atoms with Gasteiger partial charge < -0.3 is 20.0 Å². The number of nitrogens with zero attached hydrogens (tertiary/aromatic N) is 3. The molecule has 0 radical (unpaired) electrons. The quantitative estimate of drug-likeness (QED) is 0.396. The zero-order valence-electron chi connectivity index (χ0n) is 22.7. The Bertz CT molecular complexity index is 1310. The number of likely N-dealkylation sites (tertiary alicyclic amines) is 1. The minimum Gasteiger partial charge on any atom is -0.478 e. The molecule has 2 aliphatic rings. The molecule has 2 saturated heterocycles. The van der Waals surface area contributed by atoms with Gasteiger partial charge in [0.25, 0.3) is 10.0 Å². The maximum atomic E-state index is 12.8. The number of halogens is 3. The number of alkyl halides is 3. The number of carbonyl (C=O) groups is 2. The molecule has 10 nitrogen and oxygen atoms in total. The summed E-state index contributed by atoms with van der Waals surface area (Å²) >= 11 is 0. The number of piperidine rings is 2. The summed E-state index contributed by atoms with van der Waals surface area (Å²) in [5.74, 6) is -2.83. The van der Waals surface area contributed by atoms with E-state index in [1.807, 2.05) is 4.90 Å². The number of nitrogens with one attached hydrogen (secondary N) is 1. The van der Waals surface area contributed by atoms with E-state index in [0.717, 1.165) is 32.5 Å². The lowest BCUT2D eigenvalue weighted by Gasteiger charge is -2.35. The van der Waals surface area contributed by atoms with Crippen molar-refractivity contribution < 1.29 is 41.4 Å². The number of carboxylic acids is 2. The van der Waals surface area contributed by atoms with E-state index in [4.69, 9.17) is 9.90 Å². The first-order chi connectivity index (χ1) is 19.3. The molecule has 2 fully saturated rings. The van der Waals surface area contributed by atoms with Crippen molar-refractivity contribution in [1.29, 1.82) is 0 Å². The Hall–Kier alpha value is -3.39. The summed E-state index contributed by atoms with van der Waals surface area (Å²) in [6.07, 6.45) is 3.48. The van der Waals surface area contributed by atoms with Gasteiger partial charge in [0.1, 0.15) is 11.4 Å². The maximum Gasteiger partial charge on any atom is 0.490 e. The largest absolute Gasteiger partial charge is 0.490 e. The molecule has 3 heterocycles. The molecule has 4 rings (SSSR count). The number of sulfonamides is 1. The van der Waals surface area contributed by atoms with Crippen LogP contribution >= 0.6 is 0 Å². The second-order valence-electron chi connectivity index (χ2n) is 10.2. The second-order valence-corrected chi connectivity index (χ2v) is 11.8. The van der Waals surface area contributed by atoms with E-state index in [1.54, 1.807) is 25.1 Å². The van der Waals surface area contributed by atoms with Crippen LogP contribution in [0.15, 0.2) is 41.4 Å². The molecule has 0 spiro atoms. The molecular weight excluding hydrogens is 565 g/mol. The molecule has 226 valence electrons. The predicted molar refractivity (Wildman–Crippen MR) is 147 cm³/mol. The van der Waals surface area contributed by atoms with Crippen LogP contribution in [-0.4, -0.2) is 79.4 Å². The smallest absolute Gasteiger partial charge is 0.478 e. The van der Waals surface area contributed by atoms with Crippen LogP contribution < -0.4 is 9.62 Å². The number of benzene rings is 1. The third-order valence-corrected chi connectivity index (χ3v) is 8.73. The number of aromatic carboxylic acids is 1. The topological polar surface area (TPSA) is 140 Å². The molecule has 1 aromatic heterocycles. The van der Waals surface area contributed by atoms with Crippen LogP contribution in [0, 0.1) is 12.8 Å². The van der Waals surface area contributed by atoms with E-state index in [-0.39, 0.29) is 16.1 Å². The van der Waals surface area contributed by atoms with E-state index >= 15 is 0 Å². The minimum atomic E-state index is -5.08. The third-order valence-electron chi connectivity index (χ3n) is 7.19. The molecule has 3 N–H and O–H groups in total. The highest BCUT2D eigenvalue weighted by Gasteiger charge is 2.38. The first-order valence-electron chi connectivity index (χ1n) is 13.4. The van der Waals surface area contributed by atoms with Gasteiger partial charge in [-0.15, -0.1) is 0 Å². The summed E-state index contributed by atoms with van der Waals surface area (Å²) in [5, 5.41) is 16.9. The average molecular weight is 601 g/mol. The summed E-state index contributed by atoms with van der Waals surface area (Å²) in [6.45, 7) is 6.81. The van der Waals surface area contributed by atoms with Crippen molar-refractivity contribution in [1.82, 2.24) is 9.88 Å². The second kappa shape index (κ2) is 14.0. The van der Waals surface area contributed by atoms with Crippen molar-refractivity contribution in [3.8, 4) is 0 Å². The number of aryl methyl sites for hydroxylation is 1. The summed E-state index contributed by atoms with van der Waals surface area (Å²) < 4.78 is 59.8. The van der Waals surface area contributed by atoms with Crippen LogP contribution in [0.25, 0.3) is 0 Å². The SMILES string of the molecule is Cc1ccccc1S(=O)(=O)Nc1cnc(N2CCC(CCN3CCCCC3)CC2)c(C(=O)O)c1.O=C(O)C(F)(F)F. The highest BCUT2D eigenvalue weighted by Crippen LogP contribution is 2.29. The molecule has 0 amide bonds. The number of aromatic nitrogens is 1. The first-order valence-corrected chi connectivity index (χ1v) is 14.9. The number of anilines is 2. The Balaban J connectivity index is 0.000000587. The van der Waals surface area contributed by atoms with Crippen molar-refractivity contribution in [2.45, 2.75) is 56.5 Å². The minimum absolute atomic E-state index is 0.0109. The highest BCUT2D eigenvalue weighted by molar-refractivity contribution is 7.92. The summed E-state index contributed by atoms with van der Waals surface area (Å²) in [5.41, 5.74) is 0.763. The Morgan fingerprint density at radius 2 is 1.66 bits per heavy atom. The normalized spacial score (nSPS) is 16.9. The number of carboxylic acid groups (broad SMARTS) is 2. The van der Waals surface area contributed by atoms with Crippen molar-refractivity contribution in [3.63, 3.8) is 0 Å². The molecule has 0 saturated carbocycles. The lowest BCUT2D eigenvalue weighted by Crippen LogP contribution is -2.37. The number of rotatable bonds is 8. The predicted octanol–water partition coefficient (Wildman–Crippen LogP) is 4.61. The van der Waals surface area contributed by atoms with Gasteiger partial charge in [-0.25, -0.2) is 23.0 Å². The highest BCUT2D eigenvalue weighted by atomic mass is 32.2. The third kappa shape index (κ3) is 9.32. The molecule has 0 unspecified atom stereocenters. The number of hydrogen-bond donors (Lipinski definition) is 3. The van der Waals surface area contributed by atoms with Gasteiger partial charge >= 0.3 is 18.1 Å². The van der Waals surface area contributed by atoms with Crippen LogP contribution in [0.2, 0.25) is 0 Å². The maximum absolute atomic E-state index is 12.8. The lowest BCUT2D eigenvalue weighted by atomic mass is 9.93. The Kier molecular flexibility index (Phi) is 11.0. The van der Waals surface area contributed by atoms with Gasteiger partial charge in [0.15, 0.2) is 0 Å². The average Bonchev–Trinajstić information content (AvgIpc) is 2.92. The molecule has 41 heavy (non-hydrogen) atoms. The number of pyridine rings is 1. The van der Waals surface area contributed by atoms with Crippen molar-refractivity contribution >= 4 is 33.5 Å². The monoisotopic (exact) mass is 600 g/mol. The van der Waals surface area contributed by atoms with E-state index in [0.29, 0.717) is 17.3 Å². The molecule has 0 bridgehead atoms. The molecule has 2 aliphatic heterocycles. The van der Waals surface area contributed by atoms with Crippen LogP contribution in [0.3, 0.4) is 0 Å². The van der Waals surface area contributed by atoms with E-state index in [9.17, 15) is 31.5 Å². The van der Waals surface area contributed by atoms with E-state index < -0.39 is 28.1 Å². The van der Waals surface area contributed by atoms with Crippen molar-refractivity contribution in [2.24, 2.45) is 5.92 Å². The Morgan fingerprint density at radius 3 is 2.22 bits per heavy atom. The Labute approximate surface area is 237 Å². The number of hydrogen-bond acceptors (Lipinski definition) is 7. The van der Waals surface area contributed by atoms with Gasteiger partial charge in [0.05, 0.1) is 16.8 Å². The zero-order valence-corrected chi connectivity index (χ0v) is 23.5. The van der Waals surface area contributed by atoms with Crippen LogP contribution in [0.1, 0.15) is 54.4 Å². The van der Waals surface area contributed by atoms with Gasteiger partial charge in [-0.2, -0.15) is 13.2 Å².